The first-order chi connectivity index (χ1) is 9.81. The molecule has 2 aliphatic rings. The molecule has 116 valence electrons. The number of nitrogens with one attached hydrogen (secondary N) is 1. The second-order valence-electron chi connectivity index (χ2n) is 5.86. The van der Waals surface area contributed by atoms with Gasteiger partial charge in [-0.15, -0.1) is 0 Å². The molecule has 0 spiro atoms. The van der Waals surface area contributed by atoms with E-state index in [-0.39, 0.29) is 0 Å². The smallest absolute Gasteiger partial charge is 0.222 e. The molecule has 0 saturated carbocycles. The highest BCUT2D eigenvalue weighted by Crippen LogP contribution is 2.19. The summed E-state index contributed by atoms with van der Waals surface area (Å²) in [6, 6.07) is 0.420. The number of hydrogen-bond acceptors (Lipinski definition) is 4. The molecule has 1 atom stereocenters. The van der Waals surface area contributed by atoms with E-state index in [2.05, 4.69) is 15.1 Å². The molecule has 0 bridgehead atoms. The van der Waals surface area contributed by atoms with Crippen LogP contribution in [0.15, 0.2) is 0 Å². The van der Waals surface area contributed by atoms with Crippen LogP contribution in [0.25, 0.3) is 0 Å². The molecule has 2 rings (SSSR count). The SMILES string of the molecule is CNCCCC(=O)N1CCCCC1CN1CCOCC1. The lowest BCUT2D eigenvalue weighted by molar-refractivity contribution is -0.135. The maximum absolute atomic E-state index is 12.4. The zero-order valence-corrected chi connectivity index (χ0v) is 12.8. The maximum Gasteiger partial charge on any atom is 0.222 e. The van der Waals surface area contributed by atoms with Crippen LogP contribution in [0, 0.1) is 0 Å². The molecule has 20 heavy (non-hydrogen) atoms. The van der Waals surface area contributed by atoms with Crippen molar-refractivity contribution in [1.82, 2.24) is 15.1 Å². The van der Waals surface area contributed by atoms with Crippen molar-refractivity contribution in [2.24, 2.45) is 0 Å². The zero-order chi connectivity index (χ0) is 14.2. The van der Waals surface area contributed by atoms with Crippen molar-refractivity contribution >= 4 is 5.91 Å². The number of likely N-dealkylation sites (tertiary alicyclic amines) is 1. The first-order valence-electron chi connectivity index (χ1n) is 8.05. The summed E-state index contributed by atoms with van der Waals surface area (Å²) in [6.45, 7) is 6.60. The Bertz CT molecular complexity index is 293. The number of nitrogens with zero attached hydrogens (tertiary/aromatic N) is 2. The molecule has 0 aromatic heterocycles. The van der Waals surface area contributed by atoms with Gasteiger partial charge in [0.2, 0.25) is 5.91 Å². The van der Waals surface area contributed by atoms with Gasteiger partial charge in [0.25, 0.3) is 0 Å². The number of carbonyl (C=O) groups excluding carboxylic acids is 1. The summed E-state index contributed by atoms with van der Waals surface area (Å²) in [5.74, 6) is 0.346. The van der Waals surface area contributed by atoms with Crippen LogP contribution in [0.5, 0.6) is 0 Å². The molecule has 1 N–H and O–H groups in total. The zero-order valence-electron chi connectivity index (χ0n) is 12.8. The Morgan fingerprint density at radius 2 is 2.05 bits per heavy atom. The van der Waals surface area contributed by atoms with Gasteiger partial charge in [0, 0.05) is 38.6 Å². The monoisotopic (exact) mass is 283 g/mol. The minimum absolute atomic E-state index is 0.346. The van der Waals surface area contributed by atoms with Crippen molar-refractivity contribution in [2.45, 2.75) is 38.1 Å². The summed E-state index contributed by atoms with van der Waals surface area (Å²) in [7, 11) is 1.94. The Labute approximate surface area is 122 Å². The van der Waals surface area contributed by atoms with Crippen LogP contribution in [0.4, 0.5) is 0 Å². The second kappa shape index (κ2) is 8.60. The van der Waals surface area contributed by atoms with Crippen LogP contribution >= 0.6 is 0 Å². The van der Waals surface area contributed by atoms with E-state index in [1.807, 2.05) is 7.05 Å². The van der Waals surface area contributed by atoms with Crippen molar-refractivity contribution < 1.29 is 9.53 Å². The van der Waals surface area contributed by atoms with Gasteiger partial charge in [-0.2, -0.15) is 0 Å². The third-order valence-electron chi connectivity index (χ3n) is 4.34. The number of hydrogen-bond donors (Lipinski definition) is 1. The van der Waals surface area contributed by atoms with Gasteiger partial charge in [-0.3, -0.25) is 9.69 Å². The first kappa shape index (κ1) is 15.7. The number of carbonyl (C=O) groups is 1. The Hall–Kier alpha value is -0.650. The predicted octanol–water partition coefficient (Wildman–Crippen LogP) is 0.699. The summed E-state index contributed by atoms with van der Waals surface area (Å²) >= 11 is 0. The van der Waals surface area contributed by atoms with Gasteiger partial charge in [0.1, 0.15) is 0 Å². The van der Waals surface area contributed by atoms with E-state index in [0.717, 1.165) is 65.2 Å². The van der Waals surface area contributed by atoms with Crippen LogP contribution in [-0.2, 0) is 9.53 Å². The topological polar surface area (TPSA) is 44.8 Å². The van der Waals surface area contributed by atoms with Crippen LogP contribution < -0.4 is 5.32 Å². The van der Waals surface area contributed by atoms with Crippen LogP contribution in [-0.4, -0.2) is 74.7 Å². The van der Waals surface area contributed by atoms with Crippen molar-refractivity contribution in [2.75, 3.05) is 53.0 Å². The Morgan fingerprint density at radius 3 is 2.80 bits per heavy atom. The molecule has 2 heterocycles. The Morgan fingerprint density at radius 1 is 1.25 bits per heavy atom. The highest BCUT2D eigenvalue weighted by Gasteiger charge is 2.28. The molecule has 5 nitrogen and oxygen atoms in total. The molecule has 0 aliphatic carbocycles. The van der Waals surface area contributed by atoms with Crippen molar-refractivity contribution in [3.05, 3.63) is 0 Å². The van der Waals surface area contributed by atoms with E-state index >= 15 is 0 Å². The second-order valence-corrected chi connectivity index (χ2v) is 5.86. The fraction of sp³-hybridized carbons (Fsp3) is 0.933. The average molecular weight is 283 g/mol. The molecule has 1 amide bonds. The quantitative estimate of drug-likeness (QED) is 0.729. The predicted molar refractivity (Wildman–Crippen MR) is 79.8 cm³/mol. The van der Waals surface area contributed by atoms with Crippen LogP contribution in [0.3, 0.4) is 0 Å². The number of piperidine rings is 1. The summed E-state index contributed by atoms with van der Waals surface area (Å²) in [5.41, 5.74) is 0. The fourth-order valence-corrected chi connectivity index (χ4v) is 3.16. The van der Waals surface area contributed by atoms with E-state index in [0.29, 0.717) is 18.4 Å². The van der Waals surface area contributed by atoms with Crippen LogP contribution in [0.1, 0.15) is 32.1 Å². The number of rotatable bonds is 6. The molecule has 2 aliphatic heterocycles. The van der Waals surface area contributed by atoms with E-state index < -0.39 is 0 Å². The molecule has 2 fully saturated rings. The Balaban J connectivity index is 1.82. The maximum atomic E-state index is 12.4. The van der Waals surface area contributed by atoms with E-state index in [4.69, 9.17) is 4.74 Å². The molecule has 0 aromatic rings. The van der Waals surface area contributed by atoms with Crippen LogP contribution in [0.2, 0.25) is 0 Å². The normalized spacial score (nSPS) is 24.9. The number of ether oxygens (including phenoxy) is 1. The summed E-state index contributed by atoms with van der Waals surface area (Å²) in [6.07, 6.45) is 5.21. The number of amides is 1. The third-order valence-corrected chi connectivity index (χ3v) is 4.34. The van der Waals surface area contributed by atoms with Gasteiger partial charge in [0.15, 0.2) is 0 Å². The van der Waals surface area contributed by atoms with Gasteiger partial charge < -0.3 is 15.0 Å². The van der Waals surface area contributed by atoms with Crippen molar-refractivity contribution in [3.63, 3.8) is 0 Å². The number of morpholine rings is 1. The minimum atomic E-state index is 0.346. The molecular weight excluding hydrogens is 254 g/mol. The lowest BCUT2D eigenvalue weighted by Gasteiger charge is -2.39. The lowest BCUT2D eigenvalue weighted by atomic mass is 10.0. The molecule has 0 aromatic carbocycles. The molecule has 2 saturated heterocycles. The van der Waals surface area contributed by atoms with E-state index in [1.54, 1.807) is 0 Å². The molecule has 5 heteroatoms. The lowest BCUT2D eigenvalue weighted by Crippen LogP contribution is -2.51. The fourth-order valence-electron chi connectivity index (χ4n) is 3.16. The average Bonchev–Trinajstić information content (AvgIpc) is 2.49. The minimum Gasteiger partial charge on any atom is -0.379 e. The van der Waals surface area contributed by atoms with Gasteiger partial charge in [-0.25, -0.2) is 0 Å². The highest BCUT2D eigenvalue weighted by molar-refractivity contribution is 5.76. The van der Waals surface area contributed by atoms with Crippen molar-refractivity contribution in [1.29, 1.82) is 0 Å². The third kappa shape index (κ3) is 4.72. The largest absolute Gasteiger partial charge is 0.379 e. The van der Waals surface area contributed by atoms with E-state index in [1.165, 1.54) is 6.42 Å². The van der Waals surface area contributed by atoms with Gasteiger partial charge >= 0.3 is 0 Å². The summed E-state index contributed by atoms with van der Waals surface area (Å²) < 4.78 is 5.40. The van der Waals surface area contributed by atoms with E-state index in [9.17, 15) is 4.79 Å². The van der Waals surface area contributed by atoms with Gasteiger partial charge in [-0.05, 0) is 39.3 Å². The standard InChI is InChI=1S/C15H29N3O2/c1-16-7-4-6-15(19)18-8-3-2-5-14(18)13-17-9-11-20-12-10-17/h14,16H,2-13H2,1H3. The summed E-state index contributed by atoms with van der Waals surface area (Å²) in [4.78, 5) is 17.0. The summed E-state index contributed by atoms with van der Waals surface area (Å²) in [5, 5.41) is 3.11. The molecule has 1 unspecified atom stereocenters. The van der Waals surface area contributed by atoms with Crippen molar-refractivity contribution in [3.8, 4) is 0 Å². The molecular formula is C15H29N3O2. The molecule has 0 radical (unpaired) electrons. The van der Waals surface area contributed by atoms with Gasteiger partial charge in [-0.1, -0.05) is 0 Å². The highest BCUT2D eigenvalue weighted by atomic mass is 16.5. The van der Waals surface area contributed by atoms with Gasteiger partial charge in [0.05, 0.1) is 13.2 Å². The Kier molecular flexibility index (Phi) is 6.76. The first-order valence-corrected chi connectivity index (χ1v) is 8.05.